The molecular formula is C25H35N3O7Si. The van der Waals surface area contributed by atoms with Crippen LogP contribution in [0.1, 0.15) is 27.0 Å². The second-order valence-corrected chi connectivity index (χ2v) is 16.8. The highest BCUT2D eigenvalue weighted by Crippen LogP contribution is 2.51. The summed E-state index contributed by atoms with van der Waals surface area (Å²) in [6, 6.07) is 11.0. The zero-order chi connectivity index (χ0) is 26.3. The van der Waals surface area contributed by atoms with Crippen LogP contribution in [0.25, 0.3) is 0 Å². The van der Waals surface area contributed by atoms with Gasteiger partial charge in [0.25, 0.3) is 11.5 Å². The lowest BCUT2D eigenvalue weighted by Gasteiger charge is -2.48. The number of fused-ring (bicyclic) bond motifs is 2. The molecule has 11 heteroatoms. The predicted molar refractivity (Wildman–Crippen MR) is 135 cm³/mol. The number of hydroxylamine groups is 2. The lowest BCUT2D eigenvalue weighted by atomic mass is 9.95. The fourth-order valence-corrected chi connectivity index (χ4v) is 7.19. The van der Waals surface area contributed by atoms with E-state index in [0.717, 1.165) is 0 Å². The molecule has 36 heavy (non-hydrogen) atoms. The molecule has 0 aliphatic carbocycles. The van der Waals surface area contributed by atoms with E-state index in [0.29, 0.717) is 11.8 Å². The lowest BCUT2D eigenvalue weighted by molar-refractivity contribution is -0.258. The van der Waals surface area contributed by atoms with Crippen LogP contribution in [-0.2, 0) is 19.1 Å². The Hall–Kier alpha value is -2.73. The standard InChI is InChI=1S/C25H35N3O7Si/c1-24(2,3)36(5,6)16-25-15-28(19(30)14-33-17-10-8-7-9-11-17)35-20(21(25)32-4)22(34-25)27-13-12-18(29)26-23(27)31/h7-13,20-22H,14-16H2,1-6H3,(H,26,29,31)/t20-,21+,22-,25-/m1/s1. The van der Waals surface area contributed by atoms with Gasteiger partial charge in [-0.15, -0.1) is 0 Å². The zero-order valence-electron chi connectivity index (χ0n) is 21.6. The summed E-state index contributed by atoms with van der Waals surface area (Å²) in [7, 11) is -0.398. The van der Waals surface area contributed by atoms with Gasteiger partial charge in [-0.05, 0) is 23.2 Å². The third kappa shape index (κ3) is 4.92. The molecule has 4 rings (SSSR count). The van der Waals surface area contributed by atoms with Crippen molar-refractivity contribution in [3.63, 3.8) is 0 Å². The number of aromatic amines is 1. The molecule has 2 saturated heterocycles. The summed E-state index contributed by atoms with van der Waals surface area (Å²) in [6.45, 7) is 11.1. The van der Waals surface area contributed by atoms with E-state index in [1.807, 2.05) is 18.2 Å². The Morgan fingerprint density at radius 3 is 2.50 bits per heavy atom. The van der Waals surface area contributed by atoms with Crippen molar-refractivity contribution in [1.29, 1.82) is 0 Å². The van der Waals surface area contributed by atoms with Crippen molar-refractivity contribution < 1.29 is 23.8 Å². The molecule has 0 radical (unpaired) electrons. The Labute approximate surface area is 211 Å². The highest BCUT2D eigenvalue weighted by molar-refractivity contribution is 6.80. The van der Waals surface area contributed by atoms with Crippen molar-refractivity contribution in [2.45, 2.75) is 69.0 Å². The van der Waals surface area contributed by atoms with Gasteiger partial charge < -0.3 is 14.2 Å². The largest absolute Gasteiger partial charge is 0.484 e. The molecule has 196 valence electrons. The molecule has 2 aliphatic heterocycles. The van der Waals surface area contributed by atoms with Gasteiger partial charge in [-0.2, -0.15) is 0 Å². The van der Waals surface area contributed by atoms with E-state index in [9.17, 15) is 14.4 Å². The van der Waals surface area contributed by atoms with Crippen LogP contribution in [0, 0.1) is 0 Å². The molecule has 1 N–H and O–H groups in total. The van der Waals surface area contributed by atoms with E-state index in [1.165, 1.54) is 21.9 Å². The van der Waals surface area contributed by atoms with Crippen molar-refractivity contribution >= 4 is 14.0 Å². The van der Waals surface area contributed by atoms with Crippen molar-refractivity contribution in [1.82, 2.24) is 14.6 Å². The fraction of sp³-hybridized carbons (Fsp3) is 0.560. The van der Waals surface area contributed by atoms with Crippen LogP contribution in [0.5, 0.6) is 5.75 Å². The maximum Gasteiger partial charge on any atom is 0.330 e. The number of rotatable bonds is 7. The highest BCUT2D eigenvalue weighted by Gasteiger charge is 2.64. The number of hydrogen-bond donors (Lipinski definition) is 1. The first-order chi connectivity index (χ1) is 16.9. The molecule has 3 heterocycles. The average Bonchev–Trinajstić information content (AvgIpc) is 2.98. The summed E-state index contributed by atoms with van der Waals surface area (Å²) in [5.74, 6) is 0.210. The molecule has 2 fully saturated rings. The summed E-state index contributed by atoms with van der Waals surface area (Å²) in [4.78, 5) is 46.0. The second-order valence-electron chi connectivity index (χ2n) is 11.2. The van der Waals surface area contributed by atoms with E-state index in [2.05, 4.69) is 38.8 Å². The maximum absolute atomic E-state index is 13.2. The number of methoxy groups -OCH3 is 1. The van der Waals surface area contributed by atoms with Gasteiger partial charge in [-0.25, -0.2) is 9.86 Å². The number of hydrogen-bond acceptors (Lipinski definition) is 7. The van der Waals surface area contributed by atoms with Crippen LogP contribution < -0.4 is 16.0 Å². The number of carbonyl (C=O) groups excluding carboxylic acids is 1. The quantitative estimate of drug-likeness (QED) is 0.562. The number of ether oxygens (including phenoxy) is 3. The Morgan fingerprint density at radius 1 is 1.19 bits per heavy atom. The zero-order valence-corrected chi connectivity index (χ0v) is 22.6. The fourth-order valence-electron chi connectivity index (χ4n) is 4.77. The maximum atomic E-state index is 13.2. The minimum atomic E-state index is -1.98. The number of H-pyrrole nitrogens is 1. The van der Waals surface area contributed by atoms with Crippen LogP contribution >= 0.6 is 0 Å². The molecule has 1 aromatic carbocycles. The first-order valence-corrected chi connectivity index (χ1v) is 15.2. The van der Waals surface area contributed by atoms with E-state index in [4.69, 9.17) is 19.0 Å². The average molecular weight is 518 g/mol. The normalized spacial score (nSPS) is 26.2. The Morgan fingerprint density at radius 2 is 1.89 bits per heavy atom. The van der Waals surface area contributed by atoms with Crippen molar-refractivity contribution in [2.75, 3.05) is 20.3 Å². The summed E-state index contributed by atoms with van der Waals surface area (Å²) < 4.78 is 19.5. The lowest BCUT2D eigenvalue weighted by Crippen LogP contribution is -2.63. The number of aromatic nitrogens is 2. The number of carbonyl (C=O) groups is 1. The topological polar surface area (TPSA) is 112 Å². The predicted octanol–water partition coefficient (Wildman–Crippen LogP) is 2.55. The number of nitrogens with zero attached hydrogens (tertiary/aromatic N) is 2. The molecule has 2 aromatic rings. The van der Waals surface area contributed by atoms with Crippen LogP contribution in [0.3, 0.4) is 0 Å². The number of para-hydroxylation sites is 1. The Balaban J connectivity index is 1.69. The van der Waals surface area contributed by atoms with E-state index < -0.39 is 43.4 Å². The summed E-state index contributed by atoms with van der Waals surface area (Å²) >= 11 is 0. The van der Waals surface area contributed by atoms with E-state index >= 15 is 0 Å². The molecule has 1 aromatic heterocycles. The molecule has 0 saturated carbocycles. The van der Waals surface area contributed by atoms with Gasteiger partial charge in [-0.3, -0.25) is 24.0 Å². The van der Waals surface area contributed by atoms with E-state index in [-0.39, 0.29) is 24.1 Å². The molecule has 2 bridgehead atoms. The van der Waals surface area contributed by atoms with Gasteiger partial charge in [0.2, 0.25) is 0 Å². The van der Waals surface area contributed by atoms with Gasteiger partial charge in [-0.1, -0.05) is 52.1 Å². The molecule has 4 atom stereocenters. The third-order valence-corrected chi connectivity index (χ3v) is 13.2. The SMILES string of the molecule is CO[C@H]1[C@H]2ON(C(=O)COc3ccccc3)C[C@]1(C[Si](C)(C)C(C)(C)C)O[C@H]2n1ccc(=O)[nH]c1=O. The minimum Gasteiger partial charge on any atom is -0.484 e. The second kappa shape index (κ2) is 9.62. The summed E-state index contributed by atoms with van der Waals surface area (Å²) in [5.41, 5.74) is -2.04. The van der Waals surface area contributed by atoms with Crippen molar-refractivity contribution in [3.8, 4) is 5.75 Å². The monoisotopic (exact) mass is 517 g/mol. The summed E-state index contributed by atoms with van der Waals surface area (Å²) in [5, 5.41) is 1.32. The number of amides is 1. The van der Waals surface area contributed by atoms with Gasteiger partial charge in [0, 0.05) is 19.4 Å². The Kier molecular flexibility index (Phi) is 7.04. The van der Waals surface area contributed by atoms with Gasteiger partial charge in [0.05, 0.1) is 14.6 Å². The van der Waals surface area contributed by atoms with Crippen molar-refractivity contribution in [2.24, 2.45) is 0 Å². The first kappa shape index (κ1) is 26.3. The minimum absolute atomic E-state index is 0.0371. The van der Waals surface area contributed by atoms with Crippen LogP contribution in [-0.4, -0.2) is 66.7 Å². The molecular weight excluding hydrogens is 482 g/mol. The van der Waals surface area contributed by atoms with Gasteiger partial charge >= 0.3 is 5.69 Å². The Bertz CT molecular complexity index is 1210. The van der Waals surface area contributed by atoms with Gasteiger partial charge in [0.1, 0.15) is 17.5 Å². The van der Waals surface area contributed by atoms with Crippen LogP contribution in [0.15, 0.2) is 52.2 Å². The summed E-state index contributed by atoms with van der Waals surface area (Å²) in [6.07, 6.45) is -0.836. The first-order valence-electron chi connectivity index (χ1n) is 12.0. The third-order valence-electron chi connectivity index (χ3n) is 7.65. The van der Waals surface area contributed by atoms with Crippen LogP contribution in [0.4, 0.5) is 0 Å². The molecule has 0 unspecified atom stereocenters. The number of benzene rings is 1. The van der Waals surface area contributed by atoms with Crippen molar-refractivity contribution in [3.05, 3.63) is 63.4 Å². The number of nitrogens with one attached hydrogen (secondary N) is 1. The molecule has 10 nitrogen and oxygen atoms in total. The van der Waals surface area contributed by atoms with Gasteiger partial charge in [0.15, 0.2) is 18.9 Å². The molecule has 0 spiro atoms. The smallest absolute Gasteiger partial charge is 0.330 e. The van der Waals surface area contributed by atoms with E-state index in [1.54, 1.807) is 19.2 Å². The highest BCUT2D eigenvalue weighted by atomic mass is 28.3. The van der Waals surface area contributed by atoms with Crippen LogP contribution in [0.2, 0.25) is 24.2 Å². The molecule has 2 aliphatic rings. The molecule has 1 amide bonds.